The second kappa shape index (κ2) is 15.2. The first-order chi connectivity index (χ1) is 25.2. The maximum absolute atomic E-state index is 14.4. The van der Waals surface area contributed by atoms with Crippen LogP contribution in [0.5, 0.6) is 0 Å². The molecular weight excluding hydrogens is 709 g/mol. The first kappa shape index (κ1) is 40.5. The van der Waals surface area contributed by atoms with Crippen LogP contribution in [0.2, 0.25) is 19.1 Å². The van der Waals surface area contributed by atoms with Gasteiger partial charge in [0.2, 0.25) is 5.60 Å². The molecule has 2 N–H and O–H groups in total. The molecule has 4 heterocycles. The molecule has 0 spiro atoms. The molecule has 1 atom stereocenters. The number of carbonyl (C=O) groups is 4. The Balaban J connectivity index is 1.55. The van der Waals surface area contributed by atoms with Gasteiger partial charge in [-0.25, -0.2) is 19.4 Å². The van der Waals surface area contributed by atoms with Gasteiger partial charge in [0, 0.05) is 29.6 Å². The first-order valence-electron chi connectivity index (χ1n) is 18.8. The van der Waals surface area contributed by atoms with Crippen LogP contribution in [0.15, 0.2) is 29.1 Å². The number of amides is 2. The normalized spacial score (nSPS) is 16.5. The Labute approximate surface area is 317 Å². The predicted octanol–water partition coefficient (Wildman–Crippen LogP) is 7.00. The summed E-state index contributed by atoms with van der Waals surface area (Å²) in [6.07, 6.45) is 1.11. The summed E-state index contributed by atoms with van der Waals surface area (Å²) in [4.78, 5) is 71.1. The predicted molar refractivity (Wildman–Crippen MR) is 209 cm³/mol. The molecule has 292 valence electrons. The molecule has 2 aliphatic rings. The number of hydrogen-bond acceptors (Lipinski definition) is 10. The van der Waals surface area contributed by atoms with Gasteiger partial charge in [0.1, 0.15) is 17.8 Å². The average molecular weight is 763 g/mol. The standard InChI is InChI=1S/C40H54N4O9Si/c1-11-13-19-54(9,10)33-25-20-24(42-37(49)53-39(6,7)8)16-17-29(25)43-32-26(33)22-44-30(32)21-28-27(34(44)46)23-50-35(47)40(28,12-2)51-31(45)15-14-18-41-36(48)52-38(3,4)5/h16-17,20-21H,11-15,18-19,22-23H2,1-10H3,(H,41,48)(H,42,49)/t40-/m0/s1. The first-order valence-corrected chi connectivity index (χ1v) is 22.0. The fourth-order valence-electron chi connectivity index (χ4n) is 7.24. The van der Waals surface area contributed by atoms with Crippen molar-refractivity contribution in [3.05, 3.63) is 51.3 Å². The van der Waals surface area contributed by atoms with Gasteiger partial charge in [0.05, 0.1) is 37.1 Å². The van der Waals surface area contributed by atoms with E-state index in [0.29, 0.717) is 28.2 Å². The number of cyclic esters (lactones) is 1. The number of aromatic nitrogens is 2. The van der Waals surface area contributed by atoms with Crippen LogP contribution in [0.25, 0.3) is 22.3 Å². The molecule has 3 aromatic rings. The van der Waals surface area contributed by atoms with E-state index in [1.54, 1.807) is 44.4 Å². The summed E-state index contributed by atoms with van der Waals surface area (Å²) in [6, 6.07) is 8.36. The molecule has 1 aromatic carbocycles. The summed E-state index contributed by atoms with van der Waals surface area (Å²) in [5.41, 5.74) is 0.473. The number of nitrogens with zero attached hydrogens (tertiary/aromatic N) is 2. The molecule has 0 fully saturated rings. The molecule has 0 saturated heterocycles. The molecule has 2 aromatic heterocycles. The van der Waals surface area contributed by atoms with E-state index >= 15 is 0 Å². The summed E-state index contributed by atoms with van der Waals surface area (Å²) in [5, 5.41) is 7.56. The van der Waals surface area contributed by atoms with Crippen molar-refractivity contribution in [3.63, 3.8) is 0 Å². The molecule has 0 saturated carbocycles. The number of esters is 2. The fourth-order valence-corrected chi connectivity index (χ4v) is 10.7. The lowest BCUT2D eigenvalue weighted by atomic mass is 9.85. The quantitative estimate of drug-likeness (QED) is 0.0704. The minimum Gasteiger partial charge on any atom is -0.457 e. The van der Waals surface area contributed by atoms with E-state index in [4.69, 9.17) is 23.9 Å². The van der Waals surface area contributed by atoms with E-state index in [2.05, 4.69) is 30.7 Å². The number of alkyl carbamates (subject to hydrolysis) is 1. The SMILES string of the molecule is CCCC[Si](C)(C)c1c2c(nc3ccc(NC(=O)OC(C)(C)C)cc13)-c1cc3c(c(=O)n1C2)COC(=O)[C@@]3(CC)OC(=O)CCCNC(=O)OC(C)(C)C. The molecule has 5 rings (SSSR count). The maximum Gasteiger partial charge on any atom is 0.412 e. The number of hydrogen-bond donors (Lipinski definition) is 2. The highest BCUT2D eigenvalue weighted by atomic mass is 28.3. The number of ether oxygens (including phenoxy) is 4. The van der Waals surface area contributed by atoms with E-state index < -0.39 is 49.0 Å². The Morgan fingerprint density at radius 1 is 0.963 bits per heavy atom. The summed E-state index contributed by atoms with van der Waals surface area (Å²) in [5.74, 6) is -1.41. The van der Waals surface area contributed by atoms with Crippen molar-refractivity contribution in [2.75, 3.05) is 11.9 Å². The molecule has 0 bridgehead atoms. The number of pyridine rings is 2. The molecule has 2 aliphatic heterocycles. The van der Waals surface area contributed by atoms with Gasteiger partial charge in [-0.2, -0.15) is 0 Å². The number of rotatable bonds is 11. The third kappa shape index (κ3) is 8.48. The van der Waals surface area contributed by atoms with Crippen LogP contribution in [0.1, 0.15) is 104 Å². The van der Waals surface area contributed by atoms with Gasteiger partial charge >= 0.3 is 24.1 Å². The van der Waals surface area contributed by atoms with Crippen LogP contribution in [0.3, 0.4) is 0 Å². The van der Waals surface area contributed by atoms with Crippen LogP contribution in [-0.2, 0) is 47.3 Å². The van der Waals surface area contributed by atoms with Gasteiger partial charge in [-0.1, -0.05) is 45.8 Å². The number of benzene rings is 1. The largest absolute Gasteiger partial charge is 0.457 e. The molecule has 54 heavy (non-hydrogen) atoms. The fraction of sp³-hybridized carbons (Fsp3) is 0.550. The molecular formula is C40H54N4O9Si. The smallest absolute Gasteiger partial charge is 0.412 e. The topological polar surface area (TPSA) is 164 Å². The Hall–Kier alpha value is -4.72. The average Bonchev–Trinajstić information content (AvgIpc) is 3.42. The van der Waals surface area contributed by atoms with E-state index in [9.17, 15) is 24.0 Å². The molecule has 0 radical (unpaired) electrons. The number of anilines is 1. The highest BCUT2D eigenvalue weighted by Crippen LogP contribution is 2.41. The second-order valence-electron chi connectivity index (χ2n) is 16.7. The molecule has 13 nitrogen and oxygen atoms in total. The summed E-state index contributed by atoms with van der Waals surface area (Å²) < 4.78 is 23.9. The highest BCUT2D eigenvalue weighted by Gasteiger charge is 2.50. The summed E-state index contributed by atoms with van der Waals surface area (Å²) >= 11 is 0. The Bertz CT molecular complexity index is 2040. The van der Waals surface area contributed by atoms with E-state index in [-0.39, 0.29) is 50.1 Å². The van der Waals surface area contributed by atoms with Crippen molar-refractivity contribution in [3.8, 4) is 11.4 Å². The third-order valence-corrected chi connectivity index (χ3v) is 13.2. The monoisotopic (exact) mass is 762 g/mol. The Morgan fingerprint density at radius 2 is 1.65 bits per heavy atom. The van der Waals surface area contributed by atoms with Crippen LogP contribution in [0.4, 0.5) is 15.3 Å². The van der Waals surface area contributed by atoms with Gasteiger partial charge in [0.25, 0.3) is 5.56 Å². The van der Waals surface area contributed by atoms with Gasteiger partial charge in [-0.15, -0.1) is 0 Å². The zero-order valence-electron chi connectivity index (χ0n) is 33.2. The lowest BCUT2D eigenvalue weighted by Crippen LogP contribution is -2.47. The van der Waals surface area contributed by atoms with E-state index in [1.165, 1.54) is 0 Å². The van der Waals surface area contributed by atoms with Gasteiger partial charge < -0.3 is 28.8 Å². The zero-order valence-corrected chi connectivity index (χ0v) is 34.2. The molecule has 2 amide bonds. The van der Waals surface area contributed by atoms with Crippen LogP contribution in [0, 0.1) is 0 Å². The zero-order chi connectivity index (χ0) is 39.8. The Kier molecular flexibility index (Phi) is 11.4. The van der Waals surface area contributed by atoms with Gasteiger partial charge in [0.15, 0.2) is 0 Å². The molecule has 0 unspecified atom stereocenters. The molecule has 14 heteroatoms. The van der Waals surface area contributed by atoms with Crippen LogP contribution < -0.4 is 21.4 Å². The third-order valence-electron chi connectivity index (χ3n) is 9.65. The Morgan fingerprint density at radius 3 is 2.30 bits per heavy atom. The number of fused-ring (bicyclic) bond motifs is 5. The summed E-state index contributed by atoms with van der Waals surface area (Å²) in [6.45, 7) is 19.4. The lowest BCUT2D eigenvalue weighted by molar-refractivity contribution is -0.189. The number of nitrogens with one attached hydrogen (secondary N) is 2. The van der Waals surface area contributed by atoms with Crippen molar-refractivity contribution in [1.29, 1.82) is 0 Å². The maximum atomic E-state index is 14.4. The van der Waals surface area contributed by atoms with Gasteiger partial charge in [-0.05, 0) is 89.4 Å². The van der Waals surface area contributed by atoms with Crippen molar-refractivity contribution < 1.29 is 38.1 Å². The van der Waals surface area contributed by atoms with Crippen molar-refractivity contribution in [1.82, 2.24) is 14.9 Å². The van der Waals surface area contributed by atoms with E-state index in [0.717, 1.165) is 35.0 Å². The van der Waals surface area contributed by atoms with Crippen LogP contribution >= 0.6 is 0 Å². The number of carbonyl (C=O) groups excluding carboxylic acids is 4. The number of unbranched alkanes of at least 4 members (excludes halogenated alkanes) is 1. The van der Waals surface area contributed by atoms with Gasteiger partial charge in [-0.3, -0.25) is 14.9 Å². The van der Waals surface area contributed by atoms with Crippen LogP contribution in [-0.4, -0.2) is 59.5 Å². The van der Waals surface area contributed by atoms with Crippen molar-refractivity contribution in [2.24, 2.45) is 0 Å². The van der Waals surface area contributed by atoms with Crippen molar-refractivity contribution >= 4 is 54.0 Å². The molecule has 0 aliphatic carbocycles. The lowest BCUT2D eigenvalue weighted by Gasteiger charge is -2.35. The second-order valence-corrected chi connectivity index (χ2v) is 21.5. The minimum atomic E-state index is -2.20. The minimum absolute atomic E-state index is 0.0390. The van der Waals surface area contributed by atoms with E-state index in [1.807, 2.05) is 32.9 Å². The highest BCUT2D eigenvalue weighted by molar-refractivity contribution is 6.91. The summed E-state index contributed by atoms with van der Waals surface area (Å²) in [7, 11) is -2.20. The van der Waals surface area contributed by atoms with Crippen molar-refractivity contribution in [2.45, 2.75) is 137 Å².